The quantitative estimate of drug-likeness (QED) is 0.878. The lowest BCUT2D eigenvalue weighted by Crippen LogP contribution is -2.49. The van der Waals surface area contributed by atoms with Crippen LogP contribution in [0.2, 0.25) is 0 Å². The molecule has 1 heterocycles. The number of rotatable bonds is 5. The van der Waals surface area contributed by atoms with Gasteiger partial charge in [0.1, 0.15) is 5.75 Å². The van der Waals surface area contributed by atoms with Gasteiger partial charge in [0.25, 0.3) is 0 Å². The van der Waals surface area contributed by atoms with E-state index in [1.165, 1.54) is 24.3 Å². The minimum atomic E-state index is -4.70. The van der Waals surface area contributed by atoms with Crippen molar-refractivity contribution in [3.63, 3.8) is 0 Å². The molecule has 2 unspecified atom stereocenters. The van der Waals surface area contributed by atoms with Crippen LogP contribution in [0.4, 0.5) is 13.2 Å². The third-order valence-corrected chi connectivity index (χ3v) is 3.91. The summed E-state index contributed by atoms with van der Waals surface area (Å²) >= 11 is 0. The summed E-state index contributed by atoms with van der Waals surface area (Å²) in [4.78, 5) is 12.1. The van der Waals surface area contributed by atoms with Crippen LogP contribution in [0, 0.1) is 11.8 Å². The molecule has 22 heavy (non-hydrogen) atoms. The maximum atomic E-state index is 12.1. The average Bonchev–Trinajstić information content (AvgIpc) is 2.35. The highest BCUT2D eigenvalue weighted by Crippen LogP contribution is 2.25. The van der Waals surface area contributed by atoms with E-state index in [1.807, 2.05) is 6.92 Å². The lowest BCUT2D eigenvalue weighted by atomic mass is 9.88. The molecule has 0 spiro atoms. The molecular formula is C15H19F3N2O2. The molecule has 1 aliphatic rings. The zero-order chi connectivity index (χ0) is 16.3. The number of halogens is 3. The van der Waals surface area contributed by atoms with Gasteiger partial charge in [-0.1, -0.05) is 19.1 Å². The largest absolute Gasteiger partial charge is 0.573 e. The molecule has 0 radical (unpaired) electrons. The first kappa shape index (κ1) is 16.6. The Hall–Kier alpha value is -1.76. The van der Waals surface area contributed by atoms with Crippen molar-refractivity contribution in [3.8, 4) is 5.75 Å². The molecule has 1 saturated heterocycles. The number of hydrogen-bond donors (Lipinski definition) is 2. The van der Waals surface area contributed by atoms with Crippen molar-refractivity contribution >= 4 is 5.91 Å². The molecule has 1 aromatic rings. The fourth-order valence-electron chi connectivity index (χ4n) is 2.26. The first-order chi connectivity index (χ1) is 10.3. The minimum Gasteiger partial charge on any atom is -0.406 e. The Labute approximate surface area is 127 Å². The highest BCUT2D eigenvalue weighted by atomic mass is 19.4. The fourth-order valence-corrected chi connectivity index (χ4v) is 2.26. The second-order valence-electron chi connectivity index (χ2n) is 5.55. The summed E-state index contributed by atoms with van der Waals surface area (Å²) in [6.45, 7) is 5.36. The summed E-state index contributed by atoms with van der Waals surface area (Å²) in [5.41, 5.74) is 0.724. The molecule has 2 atom stereocenters. The Morgan fingerprint density at radius 2 is 1.86 bits per heavy atom. The maximum Gasteiger partial charge on any atom is 0.573 e. The van der Waals surface area contributed by atoms with Gasteiger partial charge in [-0.15, -0.1) is 13.2 Å². The van der Waals surface area contributed by atoms with Crippen LogP contribution in [0.25, 0.3) is 0 Å². The third kappa shape index (κ3) is 4.37. The van der Waals surface area contributed by atoms with Crippen molar-refractivity contribution < 1.29 is 22.7 Å². The fraction of sp³-hybridized carbons (Fsp3) is 0.533. The number of ether oxygens (including phenoxy) is 1. The molecule has 2 rings (SSSR count). The number of carbonyl (C=O) groups excluding carboxylic acids is 1. The van der Waals surface area contributed by atoms with Crippen molar-refractivity contribution in [2.75, 3.05) is 13.1 Å². The van der Waals surface area contributed by atoms with E-state index in [9.17, 15) is 18.0 Å². The SMILES string of the molecule is CC(NC(=O)C(C)C1CNC1)c1ccc(OC(F)(F)F)cc1. The number of alkyl halides is 3. The second kappa shape index (κ2) is 6.56. The predicted octanol–water partition coefficient (Wildman–Crippen LogP) is 2.62. The third-order valence-electron chi connectivity index (χ3n) is 3.91. The number of nitrogens with one attached hydrogen (secondary N) is 2. The lowest BCUT2D eigenvalue weighted by molar-refractivity contribution is -0.274. The van der Waals surface area contributed by atoms with E-state index < -0.39 is 6.36 Å². The summed E-state index contributed by atoms with van der Waals surface area (Å²) in [5.74, 6) is -0.0652. The molecule has 0 bridgehead atoms. The Morgan fingerprint density at radius 3 is 2.32 bits per heavy atom. The van der Waals surface area contributed by atoms with Gasteiger partial charge in [-0.3, -0.25) is 4.79 Å². The maximum absolute atomic E-state index is 12.1. The summed E-state index contributed by atoms with van der Waals surface area (Å²) in [7, 11) is 0. The first-order valence-electron chi connectivity index (χ1n) is 7.13. The molecule has 1 aliphatic heterocycles. The predicted molar refractivity (Wildman–Crippen MR) is 75.2 cm³/mol. The lowest BCUT2D eigenvalue weighted by Gasteiger charge is -2.32. The van der Waals surface area contributed by atoms with Crippen LogP contribution < -0.4 is 15.4 Å². The van der Waals surface area contributed by atoms with E-state index in [0.29, 0.717) is 5.92 Å². The summed E-state index contributed by atoms with van der Waals surface area (Å²) in [5, 5.41) is 6.00. The molecule has 7 heteroatoms. The standard InChI is InChI=1S/C15H19F3N2O2/c1-9(12-7-19-8-12)14(21)20-10(2)11-3-5-13(6-4-11)22-15(16,17)18/h3-6,9-10,12,19H,7-8H2,1-2H3,(H,20,21). The highest BCUT2D eigenvalue weighted by Gasteiger charge is 2.31. The van der Waals surface area contributed by atoms with Gasteiger partial charge in [0.15, 0.2) is 0 Å². The molecule has 0 aromatic heterocycles. The molecule has 0 aliphatic carbocycles. The number of amides is 1. The molecule has 1 aromatic carbocycles. The van der Waals surface area contributed by atoms with E-state index >= 15 is 0 Å². The molecule has 1 fully saturated rings. The highest BCUT2D eigenvalue weighted by molar-refractivity contribution is 5.79. The molecule has 0 saturated carbocycles. The number of carbonyl (C=O) groups is 1. The van der Waals surface area contributed by atoms with Gasteiger partial charge < -0.3 is 15.4 Å². The zero-order valence-corrected chi connectivity index (χ0v) is 12.4. The summed E-state index contributed by atoms with van der Waals surface area (Å²) in [6.07, 6.45) is -4.70. The van der Waals surface area contributed by atoms with Crippen LogP contribution in [0.15, 0.2) is 24.3 Å². The normalized spacial score (nSPS) is 18.2. The Bertz CT molecular complexity index is 513. The van der Waals surface area contributed by atoms with E-state index in [2.05, 4.69) is 15.4 Å². The second-order valence-corrected chi connectivity index (χ2v) is 5.55. The van der Waals surface area contributed by atoms with Crippen molar-refractivity contribution in [3.05, 3.63) is 29.8 Å². The van der Waals surface area contributed by atoms with Crippen LogP contribution >= 0.6 is 0 Å². The Morgan fingerprint density at radius 1 is 1.27 bits per heavy atom. The van der Waals surface area contributed by atoms with Crippen molar-refractivity contribution in [1.29, 1.82) is 0 Å². The molecular weight excluding hydrogens is 297 g/mol. The van der Waals surface area contributed by atoms with E-state index in [1.54, 1.807) is 6.92 Å². The molecule has 4 nitrogen and oxygen atoms in total. The van der Waals surface area contributed by atoms with Gasteiger partial charge in [0, 0.05) is 5.92 Å². The molecule has 122 valence electrons. The van der Waals surface area contributed by atoms with Gasteiger partial charge in [-0.25, -0.2) is 0 Å². The van der Waals surface area contributed by atoms with Gasteiger partial charge in [0.2, 0.25) is 5.91 Å². The van der Waals surface area contributed by atoms with E-state index in [0.717, 1.165) is 18.7 Å². The van der Waals surface area contributed by atoms with Gasteiger partial charge in [-0.2, -0.15) is 0 Å². The van der Waals surface area contributed by atoms with E-state index in [4.69, 9.17) is 0 Å². The molecule has 2 N–H and O–H groups in total. The van der Waals surface area contributed by atoms with Crippen LogP contribution in [0.1, 0.15) is 25.5 Å². The van der Waals surface area contributed by atoms with Crippen molar-refractivity contribution in [2.45, 2.75) is 26.3 Å². The first-order valence-corrected chi connectivity index (χ1v) is 7.13. The van der Waals surface area contributed by atoms with Gasteiger partial charge in [-0.05, 0) is 43.6 Å². The minimum absolute atomic E-state index is 0.0466. The van der Waals surface area contributed by atoms with Crippen LogP contribution in [0.5, 0.6) is 5.75 Å². The number of benzene rings is 1. The van der Waals surface area contributed by atoms with E-state index in [-0.39, 0.29) is 23.6 Å². The summed E-state index contributed by atoms with van der Waals surface area (Å²) in [6, 6.07) is 5.24. The van der Waals surface area contributed by atoms with Gasteiger partial charge in [0.05, 0.1) is 6.04 Å². The topological polar surface area (TPSA) is 50.4 Å². The van der Waals surface area contributed by atoms with Crippen molar-refractivity contribution in [1.82, 2.24) is 10.6 Å². The zero-order valence-electron chi connectivity index (χ0n) is 12.4. The Balaban J connectivity index is 1.91. The molecule has 1 amide bonds. The van der Waals surface area contributed by atoms with Crippen LogP contribution in [-0.4, -0.2) is 25.4 Å². The Kier molecular flexibility index (Phi) is 4.95. The smallest absolute Gasteiger partial charge is 0.406 e. The average molecular weight is 316 g/mol. The summed E-state index contributed by atoms with van der Waals surface area (Å²) < 4.78 is 40.1. The number of hydrogen-bond acceptors (Lipinski definition) is 3. The van der Waals surface area contributed by atoms with Gasteiger partial charge >= 0.3 is 6.36 Å². The van der Waals surface area contributed by atoms with Crippen LogP contribution in [-0.2, 0) is 4.79 Å². The monoisotopic (exact) mass is 316 g/mol. The van der Waals surface area contributed by atoms with Crippen molar-refractivity contribution in [2.24, 2.45) is 11.8 Å². The van der Waals surface area contributed by atoms with Crippen LogP contribution in [0.3, 0.4) is 0 Å².